The zero-order chi connectivity index (χ0) is 32.2. The van der Waals surface area contributed by atoms with E-state index in [0.717, 1.165) is 15.7 Å². The summed E-state index contributed by atoms with van der Waals surface area (Å²) in [4.78, 5) is 65.1. The van der Waals surface area contributed by atoms with Gasteiger partial charge in [-0.2, -0.15) is 0 Å². The first-order valence-corrected chi connectivity index (χ1v) is 14.6. The third kappa shape index (κ3) is 7.84. The molecule has 0 aromatic heterocycles. The number of benzene rings is 3. The molecule has 3 aromatic rings. The van der Waals surface area contributed by atoms with Crippen molar-refractivity contribution in [3.8, 4) is 0 Å². The molecule has 1 aliphatic rings. The van der Waals surface area contributed by atoms with Crippen molar-refractivity contribution in [3.63, 3.8) is 0 Å². The van der Waals surface area contributed by atoms with Crippen molar-refractivity contribution < 1.29 is 28.8 Å². The van der Waals surface area contributed by atoms with Crippen molar-refractivity contribution in [1.82, 2.24) is 15.5 Å². The smallest absolute Gasteiger partial charge is 0.323 e. The summed E-state index contributed by atoms with van der Waals surface area (Å²) in [6, 6.07) is 15.0. The van der Waals surface area contributed by atoms with Crippen LogP contribution in [0.5, 0.6) is 0 Å². The van der Waals surface area contributed by atoms with Crippen molar-refractivity contribution in [2.24, 2.45) is 5.92 Å². The molecule has 11 heteroatoms. The quantitative estimate of drug-likeness (QED) is 0.130. The number of nitrogens with one attached hydrogen (secondary N) is 2. The van der Waals surface area contributed by atoms with Crippen molar-refractivity contribution >= 4 is 40.2 Å². The Hall–Kier alpha value is -4.64. The number of imide groups is 1. The predicted molar refractivity (Wildman–Crippen MR) is 165 cm³/mol. The number of fused-ring (bicyclic) bond motifs is 2. The van der Waals surface area contributed by atoms with Crippen LogP contribution in [0.25, 0.3) is 10.8 Å². The van der Waals surface area contributed by atoms with Gasteiger partial charge in [0.25, 0.3) is 17.5 Å². The molecule has 0 saturated carbocycles. The van der Waals surface area contributed by atoms with Crippen LogP contribution >= 0.6 is 0 Å². The van der Waals surface area contributed by atoms with E-state index in [-0.39, 0.29) is 31.1 Å². The number of nitrogens with zero attached hydrogens (tertiary/aromatic N) is 2. The highest BCUT2D eigenvalue weighted by atomic mass is 16.6. The summed E-state index contributed by atoms with van der Waals surface area (Å²) in [5, 5.41) is 18.8. The zero-order valence-corrected chi connectivity index (χ0v) is 25.6. The molecule has 11 nitrogen and oxygen atoms in total. The largest absolute Gasteiger partial charge is 0.459 e. The number of carbonyl (C=O) groups excluding carboxylic acids is 4. The topological polar surface area (TPSA) is 148 Å². The second-order valence-corrected chi connectivity index (χ2v) is 12.4. The Morgan fingerprint density at radius 2 is 1.55 bits per heavy atom. The van der Waals surface area contributed by atoms with Crippen LogP contribution in [-0.4, -0.2) is 57.7 Å². The number of hydrogen-bond acceptors (Lipinski definition) is 8. The van der Waals surface area contributed by atoms with E-state index in [1.54, 1.807) is 45.0 Å². The first-order chi connectivity index (χ1) is 20.7. The van der Waals surface area contributed by atoms with Crippen LogP contribution in [0.4, 0.5) is 5.69 Å². The number of nitro groups is 1. The molecule has 1 heterocycles. The van der Waals surface area contributed by atoms with Gasteiger partial charge in [0, 0.05) is 25.2 Å². The zero-order valence-electron chi connectivity index (χ0n) is 25.6. The number of esters is 1. The molecule has 0 unspecified atom stereocenters. The van der Waals surface area contributed by atoms with Crippen molar-refractivity contribution in [2.75, 3.05) is 6.54 Å². The van der Waals surface area contributed by atoms with E-state index < -0.39 is 46.3 Å². The van der Waals surface area contributed by atoms with Crippen molar-refractivity contribution in [2.45, 2.75) is 71.7 Å². The monoisotopic (exact) mass is 602 g/mol. The summed E-state index contributed by atoms with van der Waals surface area (Å²) in [5.74, 6) is -1.81. The molecule has 0 bridgehead atoms. The van der Waals surface area contributed by atoms with E-state index in [4.69, 9.17) is 4.74 Å². The third-order valence-corrected chi connectivity index (χ3v) is 7.18. The normalized spacial score (nSPS) is 14.5. The molecule has 0 aliphatic carbocycles. The highest BCUT2D eigenvalue weighted by Crippen LogP contribution is 2.28. The van der Waals surface area contributed by atoms with E-state index in [2.05, 4.69) is 10.6 Å². The van der Waals surface area contributed by atoms with Gasteiger partial charge >= 0.3 is 5.97 Å². The molecule has 3 amide bonds. The maximum atomic E-state index is 13.4. The lowest BCUT2D eigenvalue weighted by Crippen LogP contribution is -2.53. The number of nitro benzene ring substituents is 1. The maximum Gasteiger partial charge on any atom is 0.323 e. The lowest BCUT2D eigenvalue weighted by Gasteiger charge is -2.29. The van der Waals surface area contributed by atoms with E-state index in [9.17, 15) is 29.3 Å². The molecule has 4 rings (SSSR count). The van der Waals surface area contributed by atoms with Crippen LogP contribution in [0.2, 0.25) is 0 Å². The molecule has 0 fully saturated rings. The molecule has 0 saturated heterocycles. The average molecular weight is 603 g/mol. The number of non-ortho nitro benzene ring substituents is 1. The van der Waals surface area contributed by atoms with Crippen LogP contribution in [0.15, 0.2) is 60.7 Å². The standard InChI is InChI=1S/C33H38N4O7/c1-20(2)15-28(29(38)34-19-21-9-8-12-24(16-21)37(42)43)35-27(32(41)44-33(3,4)5)13-14-36-30(39)25-17-22-10-6-7-11-23(22)18-26(25)31(36)40/h6-12,16-18,20,27-28,35H,13-15,19H2,1-5H3,(H,34,38)/t27-,28+/m1/s1. The minimum absolute atomic E-state index is 0.0205. The number of amides is 3. The fraction of sp³-hybridized carbons (Fsp3) is 0.394. The van der Waals surface area contributed by atoms with Crippen LogP contribution in [0, 0.1) is 16.0 Å². The minimum Gasteiger partial charge on any atom is -0.459 e. The summed E-state index contributed by atoms with van der Waals surface area (Å²) < 4.78 is 5.65. The van der Waals surface area contributed by atoms with Crippen LogP contribution in [-0.2, 0) is 20.9 Å². The Morgan fingerprint density at radius 1 is 0.932 bits per heavy atom. The Kier molecular flexibility index (Phi) is 9.78. The summed E-state index contributed by atoms with van der Waals surface area (Å²) in [7, 11) is 0. The number of ether oxygens (including phenoxy) is 1. The Balaban J connectivity index is 1.51. The second-order valence-electron chi connectivity index (χ2n) is 12.4. The highest BCUT2D eigenvalue weighted by Gasteiger charge is 2.38. The van der Waals surface area contributed by atoms with Crippen LogP contribution in [0.1, 0.15) is 73.7 Å². The van der Waals surface area contributed by atoms with Gasteiger partial charge in [-0.3, -0.25) is 39.5 Å². The summed E-state index contributed by atoms with van der Waals surface area (Å²) in [6.45, 7) is 9.05. The Labute approximate surface area is 256 Å². The summed E-state index contributed by atoms with van der Waals surface area (Å²) in [5.41, 5.74) is 0.282. The Morgan fingerprint density at radius 3 is 2.09 bits per heavy atom. The average Bonchev–Trinajstić information content (AvgIpc) is 3.19. The molecule has 2 atom stereocenters. The highest BCUT2D eigenvalue weighted by molar-refractivity contribution is 6.23. The molecular formula is C33H38N4O7. The number of carbonyl (C=O) groups is 4. The number of hydrogen-bond donors (Lipinski definition) is 2. The van der Waals surface area contributed by atoms with Crippen molar-refractivity contribution in [1.29, 1.82) is 0 Å². The number of rotatable bonds is 12. The van der Waals surface area contributed by atoms with Gasteiger partial charge in [-0.25, -0.2) is 0 Å². The SMILES string of the molecule is CC(C)C[C@H](N[C@H](CCN1C(=O)c2cc3ccccc3cc2C1=O)C(=O)OC(C)(C)C)C(=O)NCc1cccc([N+](=O)[O-])c1. The van der Waals surface area contributed by atoms with Gasteiger partial charge in [0.1, 0.15) is 11.6 Å². The van der Waals surface area contributed by atoms with E-state index in [1.165, 1.54) is 12.1 Å². The molecule has 3 aromatic carbocycles. The molecule has 0 spiro atoms. The molecular weight excluding hydrogens is 564 g/mol. The van der Waals surface area contributed by atoms with Crippen LogP contribution < -0.4 is 10.6 Å². The van der Waals surface area contributed by atoms with E-state index >= 15 is 0 Å². The third-order valence-electron chi connectivity index (χ3n) is 7.18. The van der Waals surface area contributed by atoms with Gasteiger partial charge in [-0.05, 0) is 68.0 Å². The molecule has 232 valence electrons. The van der Waals surface area contributed by atoms with E-state index in [1.807, 2.05) is 38.1 Å². The Bertz CT molecular complexity index is 1540. The van der Waals surface area contributed by atoms with Gasteiger partial charge < -0.3 is 10.1 Å². The minimum atomic E-state index is -1.01. The van der Waals surface area contributed by atoms with Crippen LogP contribution in [0.3, 0.4) is 0 Å². The van der Waals surface area contributed by atoms with Gasteiger partial charge in [0.2, 0.25) is 5.91 Å². The fourth-order valence-electron chi connectivity index (χ4n) is 5.14. The maximum absolute atomic E-state index is 13.4. The molecule has 2 N–H and O–H groups in total. The van der Waals surface area contributed by atoms with E-state index in [0.29, 0.717) is 23.1 Å². The fourth-order valence-corrected chi connectivity index (χ4v) is 5.14. The predicted octanol–water partition coefficient (Wildman–Crippen LogP) is 4.77. The molecule has 1 aliphatic heterocycles. The summed E-state index contributed by atoms with van der Waals surface area (Å²) in [6.07, 6.45) is 0.395. The summed E-state index contributed by atoms with van der Waals surface area (Å²) >= 11 is 0. The molecule has 44 heavy (non-hydrogen) atoms. The van der Waals surface area contributed by atoms with Gasteiger partial charge in [0.05, 0.1) is 22.1 Å². The second kappa shape index (κ2) is 13.3. The van der Waals surface area contributed by atoms with Gasteiger partial charge in [-0.1, -0.05) is 50.2 Å². The first kappa shape index (κ1) is 32.3. The van der Waals surface area contributed by atoms with Gasteiger partial charge in [0.15, 0.2) is 0 Å². The first-order valence-electron chi connectivity index (χ1n) is 14.6. The lowest BCUT2D eigenvalue weighted by molar-refractivity contribution is -0.384. The molecule has 0 radical (unpaired) electrons. The lowest BCUT2D eigenvalue weighted by atomic mass is 10.0. The van der Waals surface area contributed by atoms with Gasteiger partial charge in [-0.15, -0.1) is 0 Å². The van der Waals surface area contributed by atoms with Crippen molar-refractivity contribution in [3.05, 3.63) is 87.5 Å².